The minimum absolute atomic E-state index is 0.174. The summed E-state index contributed by atoms with van der Waals surface area (Å²) >= 11 is 0. The number of nitrogens with zero attached hydrogens (tertiary/aromatic N) is 8. The second-order valence-corrected chi connectivity index (χ2v) is 8.43. The van der Waals surface area contributed by atoms with Crippen LogP contribution >= 0.6 is 0 Å². The van der Waals surface area contributed by atoms with Crippen molar-refractivity contribution in [1.82, 2.24) is 34.3 Å². The highest BCUT2D eigenvalue weighted by molar-refractivity contribution is 5.89. The van der Waals surface area contributed by atoms with E-state index in [4.69, 9.17) is 19.7 Å². The van der Waals surface area contributed by atoms with Crippen LogP contribution in [0.15, 0.2) is 48.9 Å². The Hall–Kier alpha value is -3.85. The van der Waals surface area contributed by atoms with Gasteiger partial charge in [-0.25, -0.2) is 15.0 Å². The Morgan fingerprint density at radius 2 is 1.91 bits per heavy atom. The lowest BCUT2D eigenvalue weighted by Crippen LogP contribution is -2.44. The highest BCUT2D eigenvalue weighted by Gasteiger charge is 2.25. The first-order valence-electron chi connectivity index (χ1n) is 11.0. The van der Waals surface area contributed by atoms with Crippen LogP contribution < -0.4 is 4.90 Å². The molecule has 33 heavy (non-hydrogen) atoms. The van der Waals surface area contributed by atoms with Gasteiger partial charge >= 0.3 is 0 Å². The highest BCUT2D eigenvalue weighted by atomic mass is 16.5. The maximum atomic E-state index is 5.69. The molecule has 0 amide bonds. The molecule has 0 bridgehead atoms. The number of fused-ring (bicyclic) bond motifs is 2. The topological polar surface area (TPSA) is 86.8 Å². The average molecular weight is 441 g/mol. The molecule has 5 heterocycles. The summed E-state index contributed by atoms with van der Waals surface area (Å²) < 4.78 is 9.48. The van der Waals surface area contributed by atoms with Crippen LogP contribution in [0.4, 0.5) is 5.82 Å². The standard InChI is InChI=1S/C24H24N8O/c1-15-12-26-30(3)22(15)19-9-8-18-21(27-19)23(31-10-11-33-13-16(31)2)29-24(28-18)32-14-25-17-6-4-5-7-20(17)32/h4-9,12,14,16H,10-11,13H2,1-3H3/t16-/m1/s1. The maximum absolute atomic E-state index is 5.69. The molecule has 1 aromatic carbocycles. The number of aryl methyl sites for hydroxylation is 2. The number of hydrogen-bond donors (Lipinski definition) is 0. The molecule has 6 rings (SSSR count). The van der Waals surface area contributed by atoms with Gasteiger partial charge in [-0.2, -0.15) is 10.1 Å². The third-order valence-electron chi connectivity index (χ3n) is 6.19. The molecule has 1 aliphatic heterocycles. The zero-order chi connectivity index (χ0) is 22.5. The predicted octanol–water partition coefficient (Wildman–Crippen LogP) is 3.30. The SMILES string of the molecule is Cc1cnn(C)c1-c1ccc2nc(-n3cnc4ccccc43)nc(N3CCOC[C@H]3C)c2n1. The van der Waals surface area contributed by atoms with E-state index < -0.39 is 0 Å². The van der Waals surface area contributed by atoms with E-state index in [0.717, 1.165) is 51.4 Å². The van der Waals surface area contributed by atoms with E-state index in [1.807, 2.05) is 65.8 Å². The van der Waals surface area contributed by atoms with Gasteiger partial charge in [0.2, 0.25) is 5.95 Å². The lowest BCUT2D eigenvalue weighted by Gasteiger charge is -2.34. The molecule has 5 aromatic rings. The van der Waals surface area contributed by atoms with Crippen LogP contribution in [-0.4, -0.2) is 60.1 Å². The van der Waals surface area contributed by atoms with Crippen molar-refractivity contribution < 1.29 is 4.74 Å². The van der Waals surface area contributed by atoms with Gasteiger partial charge in [-0.3, -0.25) is 9.25 Å². The molecule has 9 nitrogen and oxygen atoms in total. The second-order valence-electron chi connectivity index (χ2n) is 8.43. The van der Waals surface area contributed by atoms with Crippen LogP contribution in [0.3, 0.4) is 0 Å². The minimum atomic E-state index is 0.174. The fraction of sp³-hybridized carbons (Fsp3) is 0.292. The third kappa shape index (κ3) is 3.23. The van der Waals surface area contributed by atoms with Gasteiger partial charge in [-0.15, -0.1) is 0 Å². The van der Waals surface area contributed by atoms with Gasteiger partial charge in [0.05, 0.1) is 53.4 Å². The van der Waals surface area contributed by atoms with E-state index >= 15 is 0 Å². The first-order valence-corrected chi connectivity index (χ1v) is 11.0. The maximum Gasteiger partial charge on any atom is 0.238 e. The van der Waals surface area contributed by atoms with Crippen molar-refractivity contribution >= 4 is 27.9 Å². The summed E-state index contributed by atoms with van der Waals surface area (Å²) in [6.07, 6.45) is 3.63. The van der Waals surface area contributed by atoms with E-state index in [1.54, 1.807) is 6.33 Å². The molecule has 0 aliphatic carbocycles. The van der Waals surface area contributed by atoms with Gasteiger partial charge in [0, 0.05) is 13.6 Å². The average Bonchev–Trinajstić information content (AvgIpc) is 3.41. The van der Waals surface area contributed by atoms with Crippen molar-refractivity contribution in [2.75, 3.05) is 24.7 Å². The van der Waals surface area contributed by atoms with Crippen molar-refractivity contribution in [3.8, 4) is 17.3 Å². The number of rotatable bonds is 3. The summed E-state index contributed by atoms with van der Waals surface area (Å²) in [5.41, 5.74) is 6.35. The van der Waals surface area contributed by atoms with Crippen molar-refractivity contribution in [2.45, 2.75) is 19.9 Å². The van der Waals surface area contributed by atoms with Gasteiger partial charge in [0.1, 0.15) is 11.8 Å². The van der Waals surface area contributed by atoms with E-state index in [-0.39, 0.29) is 6.04 Å². The number of morpholine rings is 1. The van der Waals surface area contributed by atoms with Crippen molar-refractivity contribution in [2.24, 2.45) is 7.05 Å². The number of imidazole rings is 1. The highest BCUT2D eigenvalue weighted by Crippen LogP contribution is 2.30. The first-order chi connectivity index (χ1) is 16.1. The van der Waals surface area contributed by atoms with Crippen LogP contribution in [0, 0.1) is 6.92 Å². The van der Waals surface area contributed by atoms with E-state index in [1.165, 1.54) is 0 Å². The van der Waals surface area contributed by atoms with Crippen LogP contribution in [0.5, 0.6) is 0 Å². The number of anilines is 1. The molecule has 0 unspecified atom stereocenters. The molecule has 4 aromatic heterocycles. The van der Waals surface area contributed by atoms with Crippen LogP contribution in [0.1, 0.15) is 12.5 Å². The van der Waals surface area contributed by atoms with Gasteiger partial charge in [0.25, 0.3) is 0 Å². The zero-order valence-electron chi connectivity index (χ0n) is 18.8. The number of hydrogen-bond acceptors (Lipinski definition) is 7. The van der Waals surface area contributed by atoms with Crippen LogP contribution in [-0.2, 0) is 11.8 Å². The third-order valence-corrected chi connectivity index (χ3v) is 6.19. The predicted molar refractivity (Wildman–Crippen MR) is 127 cm³/mol. The summed E-state index contributed by atoms with van der Waals surface area (Å²) in [4.78, 5) is 21.7. The Bertz CT molecular complexity index is 1470. The molecule has 1 atom stereocenters. The Morgan fingerprint density at radius 1 is 1.03 bits per heavy atom. The molecule has 9 heteroatoms. The van der Waals surface area contributed by atoms with Crippen LogP contribution in [0.2, 0.25) is 0 Å². The fourth-order valence-corrected chi connectivity index (χ4v) is 4.50. The fourth-order valence-electron chi connectivity index (χ4n) is 4.50. The number of ether oxygens (including phenoxy) is 1. The van der Waals surface area contributed by atoms with Crippen molar-refractivity contribution in [1.29, 1.82) is 0 Å². The summed E-state index contributed by atoms with van der Waals surface area (Å²) in [6, 6.07) is 12.2. The summed E-state index contributed by atoms with van der Waals surface area (Å²) in [5.74, 6) is 1.39. The lowest BCUT2D eigenvalue weighted by atomic mass is 10.1. The van der Waals surface area contributed by atoms with Crippen molar-refractivity contribution in [3.05, 3.63) is 54.5 Å². The molecule has 0 radical (unpaired) electrons. The number of benzene rings is 1. The Labute approximate surface area is 190 Å². The quantitative estimate of drug-likeness (QED) is 0.425. The summed E-state index contributed by atoms with van der Waals surface area (Å²) in [5, 5.41) is 4.38. The minimum Gasteiger partial charge on any atom is -0.377 e. The molecule has 1 saturated heterocycles. The number of aromatic nitrogens is 7. The Kier molecular flexibility index (Phi) is 4.58. The second kappa shape index (κ2) is 7.63. The summed E-state index contributed by atoms with van der Waals surface area (Å²) in [7, 11) is 1.93. The monoisotopic (exact) mass is 440 g/mol. The largest absolute Gasteiger partial charge is 0.377 e. The molecular formula is C24H24N8O. The lowest BCUT2D eigenvalue weighted by molar-refractivity contribution is 0.0986. The van der Waals surface area contributed by atoms with Gasteiger partial charge in [-0.05, 0) is 43.7 Å². The zero-order valence-corrected chi connectivity index (χ0v) is 18.8. The smallest absolute Gasteiger partial charge is 0.238 e. The first kappa shape index (κ1) is 19.8. The molecule has 1 fully saturated rings. The van der Waals surface area contributed by atoms with Gasteiger partial charge < -0.3 is 9.64 Å². The summed E-state index contributed by atoms with van der Waals surface area (Å²) in [6.45, 7) is 6.24. The van der Waals surface area contributed by atoms with E-state index in [2.05, 4.69) is 21.9 Å². The molecule has 0 saturated carbocycles. The normalized spacial score (nSPS) is 16.7. The van der Waals surface area contributed by atoms with Gasteiger partial charge in [-0.1, -0.05) is 12.1 Å². The van der Waals surface area contributed by atoms with Crippen molar-refractivity contribution in [3.63, 3.8) is 0 Å². The molecule has 166 valence electrons. The van der Waals surface area contributed by atoms with E-state index in [9.17, 15) is 0 Å². The Morgan fingerprint density at radius 3 is 2.73 bits per heavy atom. The molecule has 0 N–H and O–H groups in total. The van der Waals surface area contributed by atoms with Crippen LogP contribution in [0.25, 0.3) is 39.4 Å². The molecular weight excluding hydrogens is 416 g/mol. The molecule has 0 spiro atoms. The number of pyridine rings is 1. The molecule has 1 aliphatic rings. The van der Waals surface area contributed by atoms with Gasteiger partial charge in [0.15, 0.2) is 5.82 Å². The Balaban J connectivity index is 1.59. The number of para-hydroxylation sites is 2. The van der Waals surface area contributed by atoms with E-state index in [0.29, 0.717) is 19.2 Å².